The van der Waals surface area contributed by atoms with Crippen LogP contribution in [-0.2, 0) is 13.7 Å². The van der Waals surface area contributed by atoms with Gasteiger partial charge in [-0.25, -0.2) is 0 Å². The van der Waals surface area contributed by atoms with E-state index in [1.807, 2.05) is 0 Å². The summed E-state index contributed by atoms with van der Waals surface area (Å²) in [4.78, 5) is 11.5. The number of hydrogen-bond acceptors (Lipinski definition) is 5. The average Bonchev–Trinajstić information content (AvgIpc) is 2.44. The monoisotopic (exact) mass is 337 g/mol. The van der Waals surface area contributed by atoms with E-state index in [9.17, 15) is 9.90 Å². The lowest BCUT2D eigenvalue weighted by Gasteiger charge is -2.09. The van der Waals surface area contributed by atoms with Crippen LogP contribution in [0.2, 0.25) is 0 Å². The van der Waals surface area contributed by atoms with E-state index in [2.05, 4.69) is 26.2 Å². The predicted molar refractivity (Wildman–Crippen MR) is 77.6 cm³/mol. The van der Waals surface area contributed by atoms with Crippen LogP contribution in [0.25, 0.3) is 0 Å². The highest BCUT2D eigenvalue weighted by atomic mass is 79.9. The number of aromatic hydroxyl groups is 1. The third kappa shape index (κ3) is 2.94. The molecule has 20 heavy (non-hydrogen) atoms. The Kier molecular flexibility index (Phi) is 4.31. The first-order valence-electron chi connectivity index (χ1n) is 5.73. The normalized spacial score (nSPS) is 11.2. The fourth-order valence-corrected chi connectivity index (χ4v) is 1.86. The molecule has 2 aromatic rings. The van der Waals surface area contributed by atoms with Crippen molar-refractivity contribution < 1.29 is 10.2 Å². The standard InChI is InChI=1S/C13H12BrN3O3/c1-17-10(7-18)6-11(19)12(20)13(17)16-15-9-4-2-8(14)3-5-9/h2-6,18,20H,7H2,1H3. The van der Waals surface area contributed by atoms with Crippen LogP contribution < -0.4 is 5.43 Å². The van der Waals surface area contributed by atoms with Crippen molar-refractivity contribution in [3.63, 3.8) is 0 Å². The van der Waals surface area contributed by atoms with E-state index < -0.39 is 11.2 Å². The van der Waals surface area contributed by atoms with Crippen LogP contribution in [0.5, 0.6) is 5.75 Å². The van der Waals surface area contributed by atoms with Gasteiger partial charge in [-0.1, -0.05) is 15.9 Å². The molecular weight excluding hydrogens is 326 g/mol. The summed E-state index contributed by atoms with van der Waals surface area (Å²) in [7, 11) is 1.58. The minimum absolute atomic E-state index is 0.00414. The van der Waals surface area contributed by atoms with Crippen LogP contribution >= 0.6 is 15.9 Å². The van der Waals surface area contributed by atoms with Gasteiger partial charge in [0.05, 0.1) is 12.3 Å². The molecule has 0 fully saturated rings. The third-order valence-corrected chi connectivity index (χ3v) is 3.27. The molecule has 2 N–H and O–H groups in total. The van der Waals surface area contributed by atoms with Gasteiger partial charge in [-0.15, -0.1) is 10.2 Å². The number of rotatable bonds is 3. The molecule has 0 aliphatic carbocycles. The lowest BCUT2D eigenvalue weighted by Crippen LogP contribution is -2.10. The van der Waals surface area contributed by atoms with Crippen molar-refractivity contribution >= 4 is 27.4 Å². The van der Waals surface area contributed by atoms with Crippen LogP contribution in [0.1, 0.15) is 5.69 Å². The van der Waals surface area contributed by atoms with Crippen molar-refractivity contribution in [1.29, 1.82) is 0 Å². The molecule has 1 heterocycles. The van der Waals surface area contributed by atoms with Crippen molar-refractivity contribution in [1.82, 2.24) is 4.57 Å². The maximum Gasteiger partial charge on any atom is 0.225 e. The molecule has 1 aromatic heterocycles. The van der Waals surface area contributed by atoms with Crippen LogP contribution in [-0.4, -0.2) is 14.8 Å². The third-order valence-electron chi connectivity index (χ3n) is 2.74. The minimum atomic E-state index is -0.600. The van der Waals surface area contributed by atoms with Gasteiger partial charge in [0.2, 0.25) is 17.0 Å². The van der Waals surface area contributed by atoms with E-state index in [1.165, 1.54) is 4.57 Å². The molecule has 0 aliphatic rings. The highest BCUT2D eigenvalue weighted by Crippen LogP contribution is 2.26. The van der Waals surface area contributed by atoms with Gasteiger partial charge in [0.25, 0.3) is 0 Å². The molecule has 0 saturated carbocycles. The SMILES string of the molecule is Cn1c(CO)cc(=O)c(O)c1N=Nc1ccc(Br)cc1. The molecule has 0 radical (unpaired) electrons. The molecule has 0 aliphatic heterocycles. The number of hydrogen-bond donors (Lipinski definition) is 2. The molecule has 0 atom stereocenters. The molecule has 104 valence electrons. The Labute approximate surface area is 123 Å². The largest absolute Gasteiger partial charge is 0.502 e. The van der Waals surface area contributed by atoms with Gasteiger partial charge in [-0.05, 0) is 24.3 Å². The lowest BCUT2D eigenvalue weighted by molar-refractivity contribution is 0.271. The molecule has 6 nitrogen and oxygen atoms in total. The number of halogens is 1. The van der Waals surface area contributed by atoms with Gasteiger partial charge in [-0.2, -0.15) is 0 Å². The summed E-state index contributed by atoms with van der Waals surface area (Å²) in [5.41, 5.74) is 0.323. The average molecular weight is 338 g/mol. The summed E-state index contributed by atoms with van der Waals surface area (Å²) < 4.78 is 2.33. The highest BCUT2D eigenvalue weighted by Gasteiger charge is 2.11. The molecule has 0 amide bonds. The van der Waals surface area contributed by atoms with E-state index in [0.29, 0.717) is 11.4 Å². The van der Waals surface area contributed by atoms with E-state index in [0.717, 1.165) is 10.5 Å². The number of aliphatic hydroxyl groups is 1. The summed E-state index contributed by atoms with van der Waals surface area (Å²) in [6, 6.07) is 8.24. The summed E-state index contributed by atoms with van der Waals surface area (Å²) in [5.74, 6) is -0.491. The van der Waals surface area contributed by atoms with Crippen molar-refractivity contribution in [3.05, 3.63) is 50.7 Å². The Morgan fingerprint density at radius 1 is 1.25 bits per heavy atom. The summed E-state index contributed by atoms with van der Waals surface area (Å²) in [6.45, 7) is -0.327. The topological polar surface area (TPSA) is 87.2 Å². The predicted octanol–water partition coefficient (Wildman–Crippen LogP) is 2.76. The quantitative estimate of drug-likeness (QED) is 0.844. The van der Waals surface area contributed by atoms with Gasteiger partial charge in [-0.3, -0.25) is 4.79 Å². The zero-order chi connectivity index (χ0) is 14.7. The second kappa shape index (κ2) is 5.98. The molecule has 0 saturated heterocycles. The maximum absolute atomic E-state index is 11.5. The first-order chi connectivity index (χ1) is 9.52. The van der Waals surface area contributed by atoms with E-state index in [-0.39, 0.29) is 12.4 Å². The van der Waals surface area contributed by atoms with Crippen LogP contribution in [0, 0.1) is 0 Å². The highest BCUT2D eigenvalue weighted by molar-refractivity contribution is 9.10. The first-order valence-corrected chi connectivity index (χ1v) is 6.52. The van der Waals surface area contributed by atoms with Crippen LogP contribution in [0.3, 0.4) is 0 Å². The van der Waals surface area contributed by atoms with Gasteiger partial charge in [0.15, 0.2) is 0 Å². The summed E-state index contributed by atoms with van der Waals surface area (Å²) in [6.07, 6.45) is 0. The molecule has 1 aromatic carbocycles. The van der Waals surface area contributed by atoms with Gasteiger partial charge < -0.3 is 14.8 Å². The van der Waals surface area contributed by atoms with E-state index in [4.69, 9.17) is 5.11 Å². The van der Waals surface area contributed by atoms with Crippen molar-refractivity contribution in [2.75, 3.05) is 0 Å². The Hall–Kier alpha value is -1.99. The Balaban J connectivity index is 2.45. The number of pyridine rings is 1. The smallest absolute Gasteiger partial charge is 0.225 e. The molecule has 0 bridgehead atoms. The summed E-state index contributed by atoms with van der Waals surface area (Å²) in [5, 5.41) is 26.7. The zero-order valence-electron chi connectivity index (χ0n) is 10.6. The van der Waals surface area contributed by atoms with E-state index in [1.54, 1.807) is 31.3 Å². The van der Waals surface area contributed by atoms with Crippen molar-refractivity contribution in [3.8, 4) is 5.75 Å². The fraction of sp³-hybridized carbons (Fsp3) is 0.154. The fourth-order valence-electron chi connectivity index (χ4n) is 1.60. The minimum Gasteiger partial charge on any atom is -0.502 e. The maximum atomic E-state index is 11.5. The molecule has 0 unspecified atom stereocenters. The molecule has 0 spiro atoms. The number of aliphatic hydroxyl groups excluding tert-OH is 1. The van der Waals surface area contributed by atoms with Gasteiger partial charge >= 0.3 is 0 Å². The number of nitrogens with zero attached hydrogens (tertiary/aromatic N) is 3. The molecule has 2 rings (SSSR count). The first kappa shape index (κ1) is 14.4. The Morgan fingerprint density at radius 2 is 1.90 bits per heavy atom. The second-order valence-electron chi connectivity index (χ2n) is 4.07. The summed E-state index contributed by atoms with van der Waals surface area (Å²) >= 11 is 3.31. The van der Waals surface area contributed by atoms with Crippen molar-refractivity contribution in [2.45, 2.75) is 6.61 Å². The second-order valence-corrected chi connectivity index (χ2v) is 4.98. The lowest BCUT2D eigenvalue weighted by atomic mass is 10.3. The van der Waals surface area contributed by atoms with Gasteiger partial charge in [0, 0.05) is 23.3 Å². The van der Waals surface area contributed by atoms with Crippen molar-refractivity contribution in [2.24, 2.45) is 17.3 Å². The molecular formula is C13H12BrN3O3. The number of azo groups is 1. The molecule has 7 heteroatoms. The van der Waals surface area contributed by atoms with E-state index >= 15 is 0 Å². The Morgan fingerprint density at radius 3 is 2.50 bits per heavy atom. The van der Waals surface area contributed by atoms with Gasteiger partial charge in [0.1, 0.15) is 0 Å². The number of benzene rings is 1. The Bertz CT molecular complexity index is 708. The van der Waals surface area contributed by atoms with Crippen LogP contribution in [0.4, 0.5) is 11.5 Å². The number of aromatic nitrogens is 1. The zero-order valence-corrected chi connectivity index (χ0v) is 12.2. The van der Waals surface area contributed by atoms with Crippen LogP contribution in [0.15, 0.2) is 49.8 Å².